The largest absolute Gasteiger partial charge is 0.416 e. The van der Waals surface area contributed by atoms with Crippen LogP contribution in [-0.4, -0.2) is 40.0 Å². The fourth-order valence-corrected chi connectivity index (χ4v) is 4.81. The number of anilines is 1. The first-order valence-corrected chi connectivity index (χ1v) is 13.3. The van der Waals surface area contributed by atoms with Gasteiger partial charge in [-0.2, -0.15) is 13.2 Å². The van der Waals surface area contributed by atoms with Gasteiger partial charge in [-0.05, 0) is 68.2 Å². The molecule has 0 spiro atoms. The van der Waals surface area contributed by atoms with E-state index in [9.17, 15) is 22.8 Å². The second-order valence-corrected chi connectivity index (χ2v) is 9.92. The van der Waals surface area contributed by atoms with Gasteiger partial charge in [0.1, 0.15) is 5.56 Å². The number of carbonyl (C=O) groups is 1. The van der Waals surface area contributed by atoms with Crippen molar-refractivity contribution in [2.45, 2.75) is 38.0 Å². The maximum Gasteiger partial charge on any atom is 0.416 e. The Labute approximate surface area is 234 Å². The number of aromatic amines is 1. The topological polar surface area (TPSA) is 112 Å². The van der Waals surface area contributed by atoms with Gasteiger partial charge in [0, 0.05) is 17.8 Å². The highest BCUT2D eigenvalue weighted by atomic mass is 19.4. The average molecular weight is 563 g/mol. The summed E-state index contributed by atoms with van der Waals surface area (Å²) in [4.78, 5) is 37.9. The van der Waals surface area contributed by atoms with E-state index in [1.165, 1.54) is 24.4 Å². The van der Waals surface area contributed by atoms with Crippen molar-refractivity contribution in [3.8, 4) is 22.5 Å². The highest BCUT2D eigenvalue weighted by molar-refractivity contribution is 5.96. The Hall–Kier alpha value is -4.51. The number of pyridine rings is 1. The predicted octanol–water partition coefficient (Wildman–Crippen LogP) is 5.17. The van der Waals surface area contributed by atoms with Crippen molar-refractivity contribution in [2.24, 2.45) is 0 Å². The first kappa shape index (κ1) is 28.0. The molecule has 41 heavy (non-hydrogen) atoms. The van der Waals surface area contributed by atoms with Gasteiger partial charge in [0.05, 0.1) is 23.0 Å². The number of carbonyl (C=O) groups excluding carboxylic acids is 1. The van der Waals surface area contributed by atoms with Gasteiger partial charge in [0.2, 0.25) is 5.95 Å². The molecule has 212 valence electrons. The molecule has 0 aliphatic carbocycles. The molecule has 0 radical (unpaired) electrons. The van der Waals surface area contributed by atoms with Crippen LogP contribution >= 0.6 is 0 Å². The average Bonchev–Trinajstić information content (AvgIpc) is 2.97. The first-order chi connectivity index (χ1) is 19.7. The van der Waals surface area contributed by atoms with E-state index in [0.29, 0.717) is 5.69 Å². The zero-order chi connectivity index (χ0) is 29.0. The Balaban J connectivity index is 1.57. The maximum absolute atomic E-state index is 13.5. The van der Waals surface area contributed by atoms with Crippen molar-refractivity contribution in [1.29, 1.82) is 0 Å². The summed E-state index contributed by atoms with van der Waals surface area (Å²) in [5.41, 5.74) is 0.129. The van der Waals surface area contributed by atoms with Gasteiger partial charge in [-0.25, -0.2) is 9.97 Å². The zero-order valence-corrected chi connectivity index (χ0v) is 22.3. The van der Waals surface area contributed by atoms with Crippen LogP contribution in [0, 0.1) is 0 Å². The van der Waals surface area contributed by atoms with Crippen LogP contribution < -0.4 is 21.5 Å². The molecule has 4 N–H and O–H groups in total. The van der Waals surface area contributed by atoms with Crippen molar-refractivity contribution in [3.63, 3.8) is 0 Å². The number of nitrogens with zero attached hydrogens (tertiary/aromatic N) is 2. The van der Waals surface area contributed by atoms with Crippen molar-refractivity contribution >= 4 is 11.9 Å². The van der Waals surface area contributed by atoms with E-state index < -0.39 is 23.2 Å². The minimum Gasteiger partial charge on any atom is -0.349 e. The SMILES string of the molecule is CC(Nc1nccc(-c2cc(C(=O)NC3CCNCC3)c(=O)[nH]c2-c2cccc(C(F)(F)F)c2)n1)c1ccccc1. The minimum atomic E-state index is -4.58. The molecule has 0 saturated carbocycles. The number of rotatable bonds is 7. The molecule has 3 heterocycles. The zero-order valence-electron chi connectivity index (χ0n) is 22.3. The van der Waals surface area contributed by atoms with Crippen molar-refractivity contribution in [3.05, 3.63) is 100.0 Å². The van der Waals surface area contributed by atoms with Crippen LogP contribution in [0.25, 0.3) is 22.5 Å². The number of benzene rings is 2. The lowest BCUT2D eigenvalue weighted by atomic mass is 9.99. The third kappa shape index (κ3) is 6.63. The molecule has 4 aromatic rings. The van der Waals surface area contributed by atoms with Crippen molar-refractivity contribution in [1.82, 2.24) is 25.6 Å². The standard InChI is InChI=1S/C30H29F3N6O2/c1-18(19-6-3-2-4-7-19)36-29-35-15-12-25(38-29)23-17-24(27(40)37-22-10-13-34-14-11-22)28(41)39-26(23)20-8-5-9-21(16-20)30(31,32)33/h2-9,12,15-18,22,34H,10-11,13-14H2,1H3,(H,37,40)(H,39,41)(H,35,36,38). The lowest BCUT2D eigenvalue weighted by Gasteiger charge is -2.23. The predicted molar refractivity (Wildman–Crippen MR) is 150 cm³/mol. The number of aromatic nitrogens is 3. The number of amides is 1. The Bertz CT molecular complexity index is 1580. The Morgan fingerprint density at radius 1 is 1.02 bits per heavy atom. The van der Waals surface area contributed by atoms with Gasteiger partial charge >= 0.3 is 6.18 Å². The summed E-state index contributed by atoms with van der Waals surface area (Å²) in [6.07, 6.45) is -1.62. The molecule has 2 aromatic carbocycles. The lowest BCUT2D eigenvalue weighted by molar-refractivity contribution is -0.137. The van der Waals surface area contributed by atoms with Gasteiger partial charge < -0.3 is 20.9 Å². The molecule has 2 aromatic heterocycles. The van der Waals surface area contributed by atoms with E-state index in [0.717, 1.165) is 43.6 Å². The summed E-state index contributed by atoms with van der Waals surface area (Å²) < 4.78 is 40.6. The van der Waals surface area contributed by atoms with Crippen LogP contribution in [0.4, 0.5) is 19.1 Å². The fourth-order valence-electron chi connectivity index (χ4n) is 4.81. The van der Waals surface area contributed by atoms with Crippen molar-refractivity contribution in [2.75, 3.05) is 18.4 Å². The molecule has 1 fully saturated rings. The number of nitrogens with one attached hydrogen (secondary N) is 4. The quantitative estimate of drug-likeness (QED) is 0.247. The highest BCUT2D eigenvalue weighted by Gasteiger charge is 2.31. The fraction of sp³-hybridized carbons (Fsp3) is 0.267. The molecule has 5 rings (SSSR count). The van der Waals surface area contributed by atoms with Crippen molar-refractivity contribution < 1.29 is 18.0 Å². The van der Waals surface area contributed by atoms with E-state index in [2.05, 4.69) is 30.9 Å². The van der Waals surface area contributed by atoms with E-state index in [1.54, 1.807) is 6.07 Å². The molecule has 11 heteroatoms. The first-order valence-electron chi connectivity index (χ1n) is 13.3. The summed E-state index contributed by atoms with van der Waals surface area (Å²) in [6, 6.07) is 17.1. The Morgan fingerprint density at radius 3 is 2.51 bits per heavy atom. The lowest BCUT2D eigenvalue weighted by Crippen LogP contribution is -2.44. The second kappa shape index (κ2) is 11.9. The molecular formula is C30H29F3N6O2. The number of hydrogen-bond acceptors (Lipinski definition) is 6. The van der Waals surface area contributed by atoms with Crippen LogP contribution in [0.15, 0.2) is 77.7 Å². The van der Waals surface area contributed by atoms with Crippen LogP contribution in [0.5, 0.6) is 0 Å². The molecule has 1 amide bonds. The summed E-state index contributed by atoms with van der Waals surface area (Å²) >= 11 is 0. The smallest absolute Gasteiger partial charge is 0.349 e. The third-order valence-corrected chi connectivity index (χ3v) is 7.02. The monoisotopic (exact) mass is 562 g/mol. The van der Waals surface area contributed by atoms with Crippen LogP contribution in [-0.2, 0) is 6.18 Å². The van der Waals surface area contributed by atoms with Crippen LogP contribution in [0.3, 0.4) is 0 Å². The molecule has 1 unspecified atom stereocenters. The van der Waals surface area contributed by atoms with E-state index in [1.807, 2.05) is 37.3 Å². The molecule has 0 bridgehead atoms. The van der Waals surface area contributed by atoms with Gasteiger partial charge in [-0.3, -0.25) is 9.59 Å². The van der Waals surface area contributed by atoms with E-state index in [-0.39, 0.29) is 40.4 Å². The Morgan fingerprint density at radius 2 is 1.78 bits per heavy atom. The van der Waals surface area contributed by atoms with E-state index >= 15 is 0 Å². The highest BCUT2D eigenvalue weighted by Crippen LogP contribution is 2.35. The number of alkyl halides is 3. The Kier molecular flexibility index (Phi) is 8.16. The normalized spacial score (nSPS) is 14.8. The maximum atomic E-state index is 13.5. The number of halogens is 3. The van der Waals surface area contributed by atoms with Gasteiger partial charge in [-0.15, -0.1) is 0 Å². The second-order valence-electron chi connectivity index (χ2n) is 9.92. The molecular weight excluding hydrogens is 533 g/mol. The summed E-state index contributed by atoms with van der Waals surface area (Å²) in [7, 11) is 0. The summed E-state index contributed by atoms with van der Waals surface area (Å²) in [5.74, 6) is -0.277. The number of H-pyrrole nitrogens is 1. The minimum absolute atomic E-state index is 0.0935. The third-order valence-electron chi connectivity index (χ3n) is 7.02. The number of hydrogen-bond donors (Lipinski definition) is 4. The molecule has 1 aliphatic rings. The molecule has 1 atom stereocenters. The summed E-state index contributed by atoms with van der Waals surface area (Å²) in [5, 5.41) is 9.36. The van der Waals surface area contributed by atoms with Gasteiger partial charge in [0.25, 0.3) is 11.5 Å². The van der Waals surface area contributed by atoms with Gasteiger partial charge in [0.15, 0.2) is 0 Å². The molecule has 1 aliphatic heterocycles. The molecule has 8 nitrogen and oxygen atoms in total. The number of piperidine rings is 1. The van der Waals surface area contributed by atoms with Crippen LogP contribution in [0.1, 0.15) is 47.3 Å². The summed E-state index contributed by atoms with van der Waals surface area (Å²) in [6.45, 7) is 3.45. The van der Waals surface area contributed by atoms with Crippen LogP contribution in [0.2, 0.25) is 0 Å². The van der Waals surface area contributed by atoms with Gasteiger partial charge in [-0.1, -0.05) is 42.5 Å². The van der Waals surface area contributed by atoms with E-state index in [4.69, 9.17) is 0 Å². The molecule has 1 saturated heterocycles.